The molecule has 1 fully saturated rings. The molecular weight excluding hydrogens is 470 g/mol. The third-order valence-electron chi connectivity index (χ3n) is 6.43. The van der Waals surface area contributed by atoms with E-state index in [9.17, 15) is 18.0 Å². The molecule has 0 bridgehead atoms. The molecule has 2 aromatic rings. The lowest BCUT2D eigenvalue weighted by molar-refractivity contribution is -0.133. The van der Waals surface area contributed by atoms with E-state index in [1.54, 1.807) is 49.2 Å². The quantitative estimate of drug-likeness (QED) is 0.629. The molecule has 0 radical (unpaired) electrons. The first-order valence-corrected chi connectivity index (χ1v) is 13.2. The van der Waals surface area contributed by atoms with Crippen LogP contribution < -0.4 is 14.8 Å². The van der Waals surface area contributed by atoms with E-state index < -0.39 is 10.0 Å². The summed E-state index contributed by atoms with van der Waals surface area (Å²) in [7, 11) is -2.11. The maximum absolute atomic E-state index is 13.4. The van der Waals surface area contributed by atoms with E-state index in [4.69, 9.17) is 9.47 Å². The molecule has 2 heterocycles. The minimum atomic E-state index is -3.83. The van der Waals surface area contributed by atoms with E-state index >= 15 is 0 Å². The van der Waals surface area contributed by atoms with Gasteiger partial charge < -0.3 is 19.7 Å². The lowest BCUT2D eigenvalue weighted by Gasteiger charge is -2.42. The van der Waals surface area contributed by atoms with Crippen molar-refractivity contribution < 1.29 is 27.5 Å². The molecule has 2 amide bonds. The average molecular weight is 502 g/mol. The fourth-order valence-corrected chi connectivity index (χ4v) is 5.93. The number of carbonyl (C=O) groups is 2. The fourth-order valence-electron chi connectivity index (χ4n) is 4.64. The average Bonchev–Trinajstić information content (AvgIpc) is 2.82. The van der Waals surface area contributed by atoms with Crippen molar-refractivity contribution in [1.29, 1.82) is 0 Å². The predicted octanol–water partition coefficient (Wildman–Crippen LogP) is 2.70. The highest BCUT2D eigenvalue weighted by atomic mass is 32.2. The molecule has 4 rings (SSSR count). The molecule has 1 saturated heterocycles. The number of ether oxygens (including phenoxy) is 2. The van der Waals surface area contributed by atoms with E-state index in [1.165, 1.54) is 12.1 Å². The van der Waals surface area contributed by atoms with Crippen LogP contribution >= 0.6 is 0 Å². The van der Waals surface area contributed by atoms with Gasteiger partial charge in [0, 0.05) is 19.3 Å². The van der Waals surface area contributed by atoms with Crippen LogP contribution in [0.15, 0.2) is 47.4 Å². The summed E-state index contributed by atoms with van der Waals surface area (Å²) in [6, 6.07) is 11.2. The molecule has 10 heteroatoms. The summed E-state index contributed by atoms with van der Waals surface area (Å²) in [6.07, 6.45) is 1.00. The Kier molecular flexibility index (Phi) is 7.32. The van der Waals surface area contributed by atoms with Gasteiger partial charge in [-0.3, -0.25) is 14.3 Å². The van der Waals surface area contributed by atoms with Crippen LogP contribution in [0.3, 0.4) is 0 Å². The number of carbonyl (C=O) groups excluding carboxylic acids is 2. The van der Waals surface area contributed by atoms with Crippen molar-refractivity contribution in [2.45, 2.75) is 56.3 Å². The molecule has 9 nitrogen and oxygen atoms in total. The topological polar surface area (TPSA) is 114 Å². The van der Waals surface area contributed by atoms with Gasteiger partial charge >= 0.3 is 0 Å². The largest absolute Gasteiger partial charge is 0.490 e. The monoisotopic (exact) mass is 501 g/mol. The van der Waals surface area contributed by atoms with Crippen LogP contribution in [0, 0.1) is 6.92 Å². The summed E-state index contributed by atoms with van der Waals surface area (Å²) in [5, 5.41) is 2.79. The smallest absolute Gasteiger partial charge is 0.262 e. The fraction of sp³-hybridized carbons (Fsp3) is 0.440. The van der Waals surface area contributed by atoms with Gasteiger partial charge in [-0.25, -0.2) is 8.42 Å². The van der Waals surface area contributed by atoms with Gasteiger partial charge in [-0.05, 0) is 56.5 Å². The van der Waals surface area contributed by atoms with Crippen LogP contribution in [0.2, 0.25) is 0 Å². The Bertz CT molecular complexity index is 1220. The van der Waals surface area contributed by atoms with Gasteiger partial charge in [-0.15, -0.1) is 0 Å². The Labute approximate surface area is 205 Å². The summed E-state index contributed by atoms with van der Waals surface area (Å²) in [5.74, 6) is 0.0178. The zero-order chi connectivity index (χ0) is 25.2. The molecule has 0 aliphatic carbocycles. The number of nitrogens with zero attached hydrogens (tertiary/aromatic N) is 1. The molecule has 188 valence electrons. The molecule has 2 aliphatic rings. The minimum Gasteiger partial charge on any atom is -0.490 e. The van der Waals surface area contributed by atoms with Crippen molar-refractivity contribution in [2.24, 2.45) is 0 Å². The minimum absolute atomic E-state index is 0.0573. The maximum Gasteiger partial charge on any atom is 0.262 e. The first-order chi connectivity index (χ1) is 16.7. The van der Waals surface area contributed by atoms with Gasteiger partial charge in [0.2, 0.25) is 5.91 Å². The zero-order valence-corrected chi connectivity index (χ0v) is 20.9. The number of likely N-dealkylation sites (N-methyl/N-ethyl adjacent to an activating group) is 1. The number of fused-ring (bicyclic) bond motifs is 2. The van der Waals surface area contributed by atoms with Gasteiger partial charge in [0.05, 0.1) is 29.0 Å². The molecule has 0 unspecified atom stereocenters. The van der Waals surface area contributed by atoms with Crippen LogP contribution in [-0.4, -0.2) is 63.6 Å². The third kappa shape index (κ3) is 5.43. The number of hydrogen-bond acceptors (Lipinski definition) is 6. The Hall–Kier alpha value is -3.11. The lowest BCUT2D eigenvalue weighted by atomic mass is 9.94. The summed E-state index contributed by atoms with van der Waals surface area (Å²) in [6.45, 7) is 4.38. The predicted molar refractivity (Wildman–Crippen MR) is 131 cm³/mol. The number of sulfonamides is 1. The number of nitrogens with one attached hydrogen (secondary N) is 2. The van der Waals surface area contributed by atoms with Gasteiger partial charge in [-0.1, -0.05) is 18.2 Å². The van der Waals surface area contributed by atoms with Crippen LogP contribution in [0.1, 0.15) is 42.1 Å². The highest BCUT2D eigenvalue weighted by Crippen LogP contribution is 2.33. The first kappa shape index (κ1) is 25.0. The lowest BCUT2D eigenvalue weighted by Crippen LogP contribution is -2.54. The highest BCUT2D eigenvalue weighted by molar-refractivity contribution is 7.92. The van der Waals surface area contributed by atoms with Crippen molar-refractivity contribution in [1.82, 2.24) is 10.2 Å². The highest BCUT2D eigenvalue weighted by Gasteiger charge is 2.39. The third-order valence-corrected chi connectivity index (χ3v) is 7.98. The van der Waals surface area contributed by atoms with Crippen LogP contribution in [-0.2, 0) is 19.6 Å². The van der Waals surface area contributed by atoms with Crippen LogP contribution in [0.4, 0.5) is 5.69 Å². The maximum atomic E-state index is 13.4. The number of hydrogen-bond donors (Lipinski definition) is 2. The second kappa shape index (κ2) is 10.2. The summed E-state index contributed by atoms with van der Waals surface area (Å²) < 4.78 is 40.5. The normalized spacial score (nSPS) is 22.2. The Morgan fingerprint density at radius 2 is 1.94 bits per heavy atom. The van der Waals surface area contributed by atoms with E-state index in [-0.39, 0.29) is 59.2 Å². The van der Waals surface area contributed by atoms with E-state index in [1.807, 2.05) is 6.92 Å². The Morgan fingerprint density at radius 1 is 1.17 bits per heavy atom. The molecule has 0 spiro atoms. The van der Waals surface area contributed by atoms with Gasteiger partial charge in [-0.2, -0.15) is 0 Å². The van der Waals surface area contributed by atoms with E-state index in [0.29, 0.717) is 30.7 Å². The second-order valence-electron chi connectivity index (χ2n) is 8.91. The second-order valence-corrected chi connectivity index (χ2v) is 10.6. The number of rotatable bonds is 6. The van der Waals surface area contributed by atoms with Gasteiger partial charge in [0.15, 0.2) is 0 Å². The standard InChI is InChI=1S/C25H31N3O6S/c1-4-26-24(29)14-18-10-11-20-22(34-18)15-33-21-12-9-17(13-19(21)25(30)28(20)3)27-35(31,32)23-8-6-5-7-16(23)2/h5-9,12-13,18,20,22,27H,4,10-11,14-15H2,1-3H3,(H,26,29)/t18-,20+,22+/m1/s1. The SMILES string of the molecule is CCNC(=O)C[C@H]1CC[C@H]2[C@H](COc3ccc(NS(=O)(=O)c4ccccc4C)cc3C(=O)N2C)O1. The number of aryl methyl sites for hydroxylation is 1. The summed E-state index contributed by atoms with van der Waals surface area (Å²) in [5.41, 5.74) is 1.18. The van der Waals surface area contributed by atoms with Gasteiger partial charge in [0.25, 0.3) is 15.9 Å². The van der Waals surface area contributed by atoms with Gasteiger partial charge in [0.1, 0.15) is 18.5 Å². The Balaban J connectivity index is 1.54. The zero-order valence-electron chi connectivity index (χ0n) is 20.1. The number of benzene rings is 2. The van der Waals surface area contributed by atoms with Crippen molar-refractivity contribution in [3.63, 3.8) is 0 Å². The van der Waals surface area contributed by atoms with Crippen LogP contribution in [0.5, 0.6) is 5.75 Å². The van der Waals surface area contributed by atoms with Crippen molar-refractivity contribution in [3.05, 3.63) is 53.6 Å². The van der Waals surface area contributed by atoms with Crippen molar-refractivity contribution in [3.8, 4) is 5.75 Å². The molecule has 0 aromatic heterocycles. The molecule has 0 saturated carbocycles. The Morgan fingerprint density at radius 3 is 2.69 bits per heavy atom. The molecule has 35 heavy (non-hydrogen) atoms. The summed E-state index contributed by atoms with van der Waals surface area (Å²) in [4.78, 5) is 27.2. The van der Waals surface area contributed by atoms with E-state index in [2.05, 4.69) is 10.0 Å². The molecule has 3 atom stereocenters. The van der Waals surface area contributed by atoms with Crippen LogP contribution in [0.25, 0.3) is 0 Å². The molecule has 2 aliphatic heterocycles. The van der Waals surface area contributed by atoms with Crippen molar-refractivity contribution in [2.75, 3.05) is 24.9 Å². The molecule has 2 N–H and O–H groups in total. The van der Waals surface area contributed by atoms with Crippen molar-refractivity contribution >= 4 is 27.5 Å². The summed E-state index contributed by atoms with van der Waals surface area (Å²) >= 11 is 0. The number of amides is 2. The molecular formula is C25H31N3O6S. The first-order valence-electron chi connectivity index (χ1n) is 11.7. The molecule has 2 aromatic carbocycles. The number of anilines is 1. The van der Waals surface area contributed by atoms with E-state index in [0.717, 1.165) is 0 Å².